The van der Waals surface area contributed by atoms with Crippen molar-refractivity contribution >= 4 is 17.5 Å². The molecule has 0 bridgehead atoms. The summed E-state index contributed by atoms with van der Waals surface area (Å²) in [7, 11) is 1.58. The van der Waals surface area contributed by atoms with Gasteiger partial charge in [0, 0.05) is 25.0 Å². The summed E-state index contributed by atoms with van der Waals surface area (Å²) >= 11 is 0. The molecule has 1 heterocycles. The maximum Gasteiger partial charge on any atom is 0.256 e. The molecule has 0 radical (unpaired) electrons. The Morgan fingerprint density at radius 3 is 2.17 bits per heavy atom. The fourth-order valence-electron chi connectivity index (χ4n) is 3.25. The van der Waals surface area contributed by atoms with Crippen LogP contribution in [0.25, 0.3) is 0 Å². The van der Waals surface area contributed by atoms with Crippen molar-refractivity contribution in [2.75, 3.05) is 12.4 Å². The maximum absolute atomic E-state index is 13.3. The van der Waals surface area contributed by atoms with Gasteiger partial charge in [0.1, 0.15) is 6.04 Å². The lowest BCUT2D eigenvalue weighted by Gasteiger charge is -2.28. The van der Waals surface area contributed by atoms with Gasteiger partial charge in [0.05, 0.1) is 5.56 Å². The molecule has 1 atom stereocenters. The van der Waals surface area contributed by atoms with Gasteiger partial charge in [0.15, 0.2) is 0 Å². The Kier molecular flexibility index (Phi) is 5.93. The molecule has 0 saturated carbocycles. The molecule has 0 spiro atoms. The average molecular weight is 389 g/mol. The molecule has 0 aliphatic rings. The van der Waals surface area contributed by atoms with Crippen LogP contribution in [0.3, 0.4) is 0 Å². The Morgan fingerprint density at radius 2 is 1.59 bits per heavy atom. The third kappa shape index (κ3) is 4.43. The van der Waals surface area contributed by atoms with Crippen LogP contribution >= 0.6 is 0 Å². The van der Waals surface area contributed by atoms with Crippen LogP contribution in [0, 0.1) is 13.8 Å². The third-order valence-corrected chi connectivity index (χ3v) is 4.83. The molecule has 29 heavy (non-hydrogen) atoms. The van der Waals surface area contributed by atoms with Crippen LogP contribution < -0.4 is 10.9 Å². The van der Waals surface area contributed by atoms with Gasteiger partial charge in [-0.1, -0.05) is 48.5 Å². The molecule has 6 nitrogen and oxygen atoms in total. The summed E-state index contributed by atoms with van der Waals surface area (Å²) in [4.78, 5) is 41.4. The van der Waals surface area contributed by atoms with E-state index in [1.807, 2.05) is 62.4 Å². The van der Waals surface area contributed by atoms with Crippen molar-refractivity contribution in [3.63, 3.8) is 0 Å². The molecule has 0 aliphatic carbocycles. The molecule has 3 aromatic rings. The minimum Gasteiger partial charge on any atom is -0.328 e. The van der Waals surface area contributed by atoms with Crippen LogP contribution in [-0.4, -0.2) is 28.7 Å². The first-order valence-corrected chi connectivity index (χ1v) is 9.26. The highest BCUT2D eigenvalue weighted by molar-refractivity contribution is 6.02. The number of aromatic nitrogens is 1. The molecule has 0 fully saturated rings. The number of pyridine rings is 1. The largest absolute Gasteiger partial charge is 0.328 e. The highest BCUT2D eigenvalue weighted by Gasteiger charge is 2.29. The second kappa shape index (κ2) is 8.56. The van der Waals surface area contributed by atoms with Crippen molar-refractivity contribution in [3.05, 3.63) is 99.5 Å². The van der Waals surface area contributed by atoms with Crippen molar-refractivity contribution < 1.29 is 9.59 Å². The van der Waals surface area contributed by atoms with Crippen LogP contribution in [0.5, 0.6) is 0 Å². The van der Waals surface area contributed by atoms with E-state index < -0.39 is 6.04 Å². The first-order chi connectivity index (χ1) is 13.9. The van der Waals surface area contributed by atoms with Crippen molar-refractivity contribution in [1.82, 2.24) is 9.88 Å². The van der Waals surface area contributed by atoms with E-state index in [2.05, 4.69) is 10.3 Å². The number of rotatable bonds is 5. The number of aryl methyl sites for hydroxylation is 2. The molecule has 2 N–H and O–H groups in total. The van der Waals surface area contributed by atoms with Gasteiger partial charge in [-0.2, -0.15) is 0 Å². The third-order valence-electron chi connectivity index (χ3n) is 4.83. The molecule has 6 heteroatoms. The molecule has 1 aromatic heterocycles. The summed E-state index contributed by atoms with van der Waals surface area (Å²) in [5.41, 5.74) is 3.32. The van der Waals surface area contributed by atoms with Crippen LogP contribution in [-0.2, 0) is 4.79 Å². The topological polar surface area (TPSA) is 82.3 Å². The molecule has 0 aliphatic heterocycles. The Labute approximate surface area is 169 Å². The monoisotopic (exact) mass is 389 g/mol. The molecular formula is C23H23N3O3. The van der Waals surface area contributed by atoms with Gasteiger partial charge >= 0.3 is 0 Å². The van der Waals surface area contributed by atoms with Gasteiger partial charge in [-0.25, -0.2) is 0 Å². The van der Waals surface area contributed by atoms with Crippen LogP contribution in [0.4, 0.5) is 5.69 Å². The van der Waals surface area contributed by atoms with E-state index in [4.69, 9.17) is 0 Å². The summed E-state index contributed by atoms with van der Waals surface area (Å²) in [6, 6.07) is 16.8. The van der Waals surface area contributed by atoms with E-state index in [1.165, 1.54) is 23.2 Å². The van der Waals surface area contributed by atoms with Crippen molar-refractivity contribution in [1.29, 1.82) is 0 Å². The SMILES string of the molecule is Cc1cccc(C)c1NC(=O)[C@H](c1ccccc1)N(C)C(=O)c1ccc(=O)[nH]c1. The van der Waals surface area contributed by atoms with E-state index in [-0.39, 0.29) is 17.4 Å². The summed E-state index contributed by atoms with van der Waals surface area (Å²) in [5, 5.41) is 2.98. The molecule has 0 saturated heterocycles. The van der Waals surface area contributed by atoms with E-state index in [9.17, 15) is 14.4 Å². The number of likely N-dealkylation sites (N-methyl/N-ethyl adjacent to an activating group) is 1. The Balaban J connectivity index is 1.96. The normalized spacial score (nSPS) is 11.6. The lowest BCUT2D eigenvalue weighted by Crippen LogP contribution is -2.39. The molecule has 2 amide bonds. The lowest BCUT2D eigenvalue weighted by atomic mass is 10.0. The highest BCUT2D eigenvalue weighted by Crippen LogP contribution is 2.26. The Bertz CT molecular complexity index is 1050. The maximum atomic E-state index is 13.3. The molecular weight excluding hydrogens is 366 g/mol. The summed E-state index contributed by atoms with van der Waals surface area (Å²) in [6.07, 6.45) is 1.35. The number of aromatic amines is 1. The van der Waals surface area contributed by atoms with Gasteiger partial charge < -0.3 is 15.2 Å². The number of carbonyl (C=O) groups is 2. The number of hydrogen-bond acceptors (Lipinski definition) is 3. The number of hydrogen-bond donors (Lipinski definition) is 2. The van der Waals surface area contributed by atoms with E-state index in [1.54, 1.807) is 7.05 Å². The van der Waals surface area contributed by atoms with Gasteiger partial charge in [0.2, 0.25) is 5.56 Å². The number of benzene rings is 2. The quantitative estimate of drug-likeness (QED) is 0.701. The van der Waals surface area contributed by atoms with Crippen LogP contribution in [0.15, 0.2) is 71.7 Å². The predicted molar refractivity (Wildman–Crippen MR) is 113 cm³/mol. The fourth-order valence-corrected chi connectivity index (χ4v) is 3.25. The van der Waals surface area contributed by atoms with E-state index in [0.29, 0.717) is 11.1 Å². The number of amides is 2. The predicted octanol–water partition coefficient (Wildman–Crippen LogP) is 3.44. The average Bonchev–Trinajstić information content (AvgIpc) is 2.72. The Hall–Kier alpha value is -3.67. The number of carbonyl (C=O) groups excluding carboxylic acids is 2. The number of H-pyrrole nitrogens is 1. The van der Waals surface area contributed by atoms with Crippen LogP contribution in [0.2, 0.25) is 0 Å². The number of para-hydroxylation sites is 1. The summed E-state index contributed by atoms with van der Waals surface area (Å²) < 4.78 is 0. The van der Waals surface area contributed by atoms with Crippen molar-refractivity contribution in [2.24, 2.45) is 0 Å². The molecule has 2 aromatic carbocycles. The van der Waals surface area contributed by atoms with Gasteiger partial charge in [0.25, 0.3) is 11.8 Å². The summed E-state index contributed by atoms with van der Waals surface area (Å²) in [6.45, 7) is 3.85. The fraction of sp³-hybridized carbons (Fsp3) is 0.174. The number of anilines is 1. The smallest absolute Gasteiger partial charge is 0.256 e. The lowest BCUT2D eigenvalue weighted by molar-refractivity contribution is -0.120. The second-order valence-corrected chi connectivity index (χ2v) is 6.93. The van der Waals surface area contributed by atoms with Gasteiger partial charge in [-0.05, 0) is 36.6 Å². The number of nitrogens with zero attached hydrogens (tertiary/aromatic N) is 1. The van der Waals surface area contributed by atoms with Crippen molar-refractivity contribution in [3.8, 4) is 0 Å². The first-order valence-electron chi connectivity index (χ1n) is 9.26. The molecule has 0 unspecified atom stereocenters. The van der Waals surface area contributed by atoms with E-state index >= 15 is 0 Å². The zero-order chi connectivity index (χ0) is 21.0. The zero-order valence-corrected chi connectivity index (χ0v) is 16.6. The molecule has 148 valence electrons. The van der Waals surface area contributed by atoms with Crippen molar-refractivity contribution in [2.45, 2.75) is 19.9 Å². The minimum absolute atomic E-state index is 0.295. The summed E-state index contributed by atoms with van der Waals surface area (Å²) in [5.74, 6) is -0.680. The van der Waals surface area contributed by atoms with E-state index in [0.717, 1.165) is 16.8 Å². The highest BCUT2D eigenvalue weighted by atomic mass is 16.2. The number of nitrogens with one attached hydrogen (secondary N) is 2. The zero-order valence-electron chi connectivity index (χ0n) is 16.6. The van der Waals surface area contributed by atoms with Gasteiger partial charge in [-0.15, -0.1) is 0 Å². The second-order valence-electron chi connectivity index (χ2n) is 6.93. The van der Waals surface area contributed by atoms with Gasteiger partial charge in [-0.3, -0.25) is 14.4 Å². The standard InChI is InChI=1S/C23H23N3O3/c1-15-8-7-9-16(2)20(15)25-22(28)21(17-10-5-4-6-11-17)26(3)23(29)18-12-13-19(27)24-14-18/h4-14,21H,1-3H3,(H,24,27)(H,25,28)/t21-/m0/s1. The molecule has 3 rings (SSSR count). The Morgan fingerprint density at radius 1 is 0.931 bits per heavy atom. The minimum atomic E-state index is -0.838. The first kappa shape index (κ1) is 20.1. The van der Waals surface area contributed by atoms with Crippen LogP contribution in [0.1, 0.15) is 33.1 Å².